The molecule has 0 aliphatic carbocycles. The van der Waals surface area contributed by atoms with Crippen LogP contribution in [0.5, 0.6) is 0 Å². The molecular formula is C12H18ClNO2. The fourth-order valence-corrected chi connectivity index (χ4v) is 1.95. The van der Waals surface area contributed by atoms with Crippen molar-refractivity contribution in [3.63, 3.8) is 0 Å². The van der Waals surface area contributed by atoms with E-state index in [4.69, 9.17) is 16.0 Å². The van der Waals surface area contributed by atoms with Gasteiger partial charge in [-0.1, -0.05) is 13.3 Å². The summed E-state index contributed by atoms with van der Waals surface area (Å²) >= 11 is 5.72. The summed E-state index contributed by atoms with van der Waals surface area (Å²) in [6, 6.07) is 3.36. The van der Waals surface area contributed by atoms with Gasteiger partial charge in [0.1, 0.15) is 0 Å². The summed E-state index contributed by atoms with van der Waals surface area (Å²) in [6.07, 6.45) is 4.63. The van der Waals surface area contributed by atoms with Gasteiger partial charge in [-0.15, -0.1) is 11.6 Å². The number of nitrogens with one attached hydrogen (secondary N) is 1. The van der Waals surface area contributed by atoms with Crippen LogP contribution in [0, 0.1) is 5.92 Å². The SMILES string of the molecule is CCCC(CCCl)CNC(=O)c1ccco1. The molecule has 0 spiro atoms. The maximum Gasteiger partial charge on any atom is 0.286 e. The zero-order valence-corrected chi connectivity index (χ0v) is 10.3. The van der Waals surface area contributed by atoms with Crippen molar-refractivity contribution >= 4 is 17.5 Å². The van der Waals surface area contributed by atoms with Crippen LogP contribution in [0.2, 0.25) is 0 Å². The van der Waals surface area contributed by atoms with Crippen LogP contribution in [0.25, 0.3) is 0 Å². The number of halogens is 1. The number of furan rings is 1. The minimum Gasteiger partial charge on any atom is -0.459 e. The molecule has 0 fully saturated rings. The van der Waals surface area contributed by atoms with Crippen molar-refractivity contribution < 1.29 is 9.21 Å². The van der Waals surface area contributed by atoms with Gasteiger partial charge in [0.15, 0.2) is 5.76 Å². The minimum atomic E-state index is -0.152. The van der Waals surface area contributed by atoms with Gasteiger partial charge in [-0.05, 0) is 30.9 Å². The number of hydrogen-bond donors (Lipinski definition) is 1. The molecule has 90 valence electrons. The van der Waals surface area contributed by atoms with Gasteiger partial charge < -0.3 is 9.73 Å². The Morgan fingerprint density at radius 1 is 1.56 bits per heavy atom. The van der Waals surface area contributed by atoms with Crippen molar-refractivity contribution in [2.45, 2.75) is 26.2 Å². The van der Waals surface area contributed by atoms with Gasteiger partial charge in [-0.3, -0.25) is 4.79 Å². The van der Waals surface area contributed by atoms with Crippen molar-refractivity contribution in [2.75, 3.05) is 12.4 Å². The molecule has 1 unspecified atom stereocenters. The molecule has 1 rings (SSSR count). The second kappa shape index (κ2) is 7.34. The molecule has 0 radical (unpaired) electrons. The van der Waals surface area contributed by atoms with E-state index in [1.165, 1.54) is 6.26 Å². The van der Waals surface area contributed by atoms with E-state index in [1.54, 1.807) is 12.1 Å². The van der Waals surface area contributed by atoms with Crippen LogP contribution in [0.3, 0.4) is 0 Å². The lowest BCUT2D eigenvalue weighted by molar-refractivity contribution is 0.0918. The molecule has 0 bridgehead atoms. The smallest absolute Gasteiger partial charge is 0.286 e. The standard InChI is InChI=1S/C12H18ClNO2/c1-2-4-10(6-7-13)9-14-12(15)11-5-3-8-16-11/h3,5,8,10H,2,4,6-7,9H2,1H3,(H,14,15). The lowest BCUT2D eigenvalue weighted by atomic mass is 10.0. The lowest BCUT2D eigenvalue weighted by Gasteiger charge is -2.14. The second-order valence-corrected chi connectivity index (χ2v) is 4.20. The van der Waals surface area contributed by atoms with Gasteiger partial charge in [0.2, 0.25) is 0 Å². The van der Waals surface area contributed by atoms with Crippen molar-refractivity contribution in [2.24, 2.45) is 5.92 Å². The van der Waals surface area contributed by atoms with E-state index in [0.717, 1.165) is 19.3 Å². The Labute approximate surface area is 101 Å². The second-order valence-electron chi connectivity index (χ2n) is 3.82. The predicted molar refractivity (Wildman–Crippen MR) is 64.8 cm³/mol. The molecule has 0 saturated heterocycles. The average molecular weight is 244 g/mol. The van der Waals surface area contributed by atoms with Crippen molar-refractivity contribution in [1.82, 2.24) is 5.32 Å². The van der Waals surface area contributed by atoms with Crippen LogP contribution in [0.15, 0.2) is 22.8 Å². The van der Waals surface area contributed by atoms with Gasteiger partial charge in [-0.25, -0.2) is 0 Å². The molecule has 0 aliphatic heterocycles. The fourth-order valence-electron chi connectivity index (χ4n) is 1.64. The number of carbonyl (C=O) groups is 1. The summed E-state index contributed by atoms with van der Waals surface area (Å²) in [7, 11) is 0. The van der Waals surface area contributed by atoms with E-state index >= 15 is 0 Å². The minimum absolute atomic E-state index is 0.152. The number of amides is 1. The fraction of sp³-hybridized carbons (Fsp3) is 0.583. The normalized spacial score (nSPS) is 12.4. The van der Waals surface area contributed by atoms with Gasteiger partial charge in [0, 0.05) is 12.4 Å². The molecule has 1 N–H and O–H groups in total. The Hall–Kier alpha value is -0.960. The number of rotatable bonds is 7. The van der Waals surface area contributed by atoms with Crippen LogP contribution in [-0.2, 0) is 0 Å². The summed E-state index contributed by atoms with van der Waals surface area (Å²) in [4.78, 5) is 11.6. The first kappa shape index (κ1) is 13.1. The Morgan fingerprint density at radius 2 is 2.38 bits per heavy atom. The molecule has 0 aliphatic rings. The molecule has 1 amide bonds. The van der Waals surface area contributed by atoms with Gasteiger partial charge in [-0.2, -0.15) is 0 Å². The highest BCUT2D eigenvalue weighted by molar-refractivity contribution is 6.17. The van der Waals surface area contributed by atoms with Crippen molar-refractivity contribution in [3.05, 3.63) is 24.2 Å². The van der Waals surface area contributed by atoms with E-state index in [1.807, 2.05) is 0 Å². The largest absolute Gasteiger partial charge is 0.459 e. The average Bonchev–Trinajstić information content (AvgIpc) is 2.79. The molecule has 1 atom stereocenters. The number of alkyl halides is 1. The number of carbonyl (C=O) groups excluding carboxylic acids is 1. The summed E-state index contributed by atoms with van der Waals surface area (Å²) in [6.45, 7) is 2.80. The molecule has 4 heteroatoms. The number of hydrogen-bond acceptors (Lipinski definition) is 2. The monoisotopic (exact) mass is 243 g/mol. The van der Waals surface area contributed by atoms with Gasteiger partial charge in [0.05, 0.1) is 6.26 Å². The third kappa shape index (κ3) is 4.27. The molecular weight excluding hydrogens is 226 g/mol. The third-order valence-corrected chi connectivity index (χ3v) is 2.73. The Balaban J connectivity index is 2.34. The molecule has 0 aromatic carbocycles. The highest BCUT2D eigenvalue weighted by Gasteiger charge is 2.11. The highest BCUT2D eigenvalue weighted by Crippen LogP contribution is 2.11. The maximum atomic E-state index is 11.6. The molecule has 1 heterocycles. The lowest BCUT2D eigenvalue weighted by Crippen LogP contribution is -2.29. The van der Waals surface area contributed by atoms with Crippen molar-refractivity contribution in [3.8, 4) is 0 Å². The summed E-state index contributed by atoms with van der Waals surface area (Å²) in [5.74, 6) is 1.31. The first-order valence-corrected chi connectivity index (χ1v) is 6.19. The first-order valence-electron chi connectivity index (χ1n) is 5.65. The van der Waals surface area contributed by atoms with Crippen LogP contribution in [-0.4, -0.2) is 18.3 Å². The maximum absolute atomic E-state index is 11.6. The zero-order chi connectivity index (χ0) is 11.8. The summed E-state index contributed by atoms with van der Waals surface area (Å²) in [5, 5.41) is 2.86. The van der Waals surface area contributed by atoms with E-state index < -0.39 is 0 Å². The van der Waals surface area contributed by atoms with Crippen LogP contribution >= 0.6 is 11.6 Å². The summed E-state index contributed by atoms with van der Waals surface area (Å²) < 4.78 is 5.01. The Kier molecular flexibility index (Phi) is 6.01. The molecule has 0 saturated carbocycles. The third-order valence-electron chi connectivity index (χ3n) is 2.51. The Bertz CT molecular complexity index is 292. The molecule has 1 aromatic heterocycles. The quantitative estimate of drug-likeness (QED) is 0.748. The highest BCUT2D eigenvalue weighted by atomic mass is 35.5. The van der Waals surface area contributed by atoms with E-state index in [9.17, 15) is 4.79 Å². The van der Waals surface area contributed by atoms with Crippen LogP contribution in [0.4, 0.5) is 0 Å². The topological polar surface area (TPSA) is 42.2 Å². The van der Waals surface area contributed by atoms with Crippen molar-refractivity contribution in [1.29, 1.82) is 0 Å². The zero-order valence-electron chi connectivity index (χ0n) is 9.54. The summed E-state index contributed by atoms with van der Waals surface area (Å²) in [5.41, 5.74) is 0. The van der Waals surface area contributed by atoms with Gasteiger partial charge >= 0.3 is 0 Å². The van der Waals surface area contributed by atoms with Crippen LogP contribution < -0.4 is 5.32 Å². The predicted octanol–water partition coefficient (Wildman–Crippen LogP) is 3.05. The Morgan fingerprint density at radius 3 is 2.94 bits per heavy atom. The molecule has 16 heavy (non-hydrogen) atoms. The van der Waals surface area contributed by atoms with E-state index in [-0.39, 0.29) is 5.91 Å². The molecule has 3 nitrogen and oxygen atoms in total. The molecule has 1 aromatic rings. The van der Waals surface area contributed by atoms with E-state index in [0.29, 0.717) is 24.1 Å². The van der Waals surface area contributed by atoms with Crippen LogP contribution in [0.1, 0.15) is 36.7 Å². The van der Waals surface area contributed by atoms with E-state index in [2.05, 4.69) is 12.2 Å². The van der Waals surface area contributed by atoms with Gasteiger partial charge in [0.25, 0.3) is 5.91 Å². The first-order chi connectivity index (χ1) is 7.77.